The van der Waals surface area contributed by atoms with Gasteiger partial charge in [-0.05, 0) is 56.5 Å². The number of carbonyl (C=O) groups excluding carboxylic acids is 1. The molecule has 6 heteroatoms. The lowest BCUT2D eigenvalue weighted by Gasteiger charge is -2.13. The van der Waals surface area contributed by atoms with Crippen LogP contribution in [0.4, 0.5) is 5.69 Å². The molecule has 1 heterocycles. The summed E-state index contributed by atoms with van der Waals surface area (Å²) < 4.78 is 6.66. The molecule has 3 rings (SSSR count). The molecule has 1 aromatic heterocycles. The summed E-state index contributed by atoms with van der Waals surface area (Å²) in [6.45, 7) is 6.39. The molecule has 0 atom stereocenters. The fraction of sp³-hybridized carbons (Fsp3) is 0.292. The lowest BCUT2D eigenvalue weighted by atomic mass is 10.0. The second-order valence-corrected chi connectivity index (χ2v) is 7.44. The molecule has 30 heavy (non-hydrogen) atoms. The number of benzene rings is 2. The molecule has 156 valence electrons. The van der Waals surface area contributed by atoms with Gasteiger partial charge in [-0.1, -0.05) is 29.8 Å². The minimum Gasteiger partial charge on any atom is -0.497 e. The van der Waals surface area contributed by atoms with Gasteiger partial charge in [0.25, 0.3) is 5.56 Å². The Morgan fingerprint density at radius 1 is 1.07 bits per heavy atom. The van der Waals surface area contributed by atoms with Crippen molar-refractivity contribution in [2.45, 2.75) is 40.2 Å². The van der Waals surface area contributed by atoms with Crippen LogP contribution in [0.3, 0.4) is 0 Å². The zero-order valence-electron chi connectivity index (χ0n) is 17.9. The summed E-state index contributed by atoms with van der Waals surface area (Å²) in [4.78, 5) is 24.6. The first-order valence-corrected chi connectivity index (χ1v) is 9.97. The summed E-state index contributed by atoms with van der Waals surface area (Å²) >= 11 is 0. The topological polar surface area (TPSA) is 73.2 Å². The maximum absolute atomic E-state index is 12.4. The molecule has 0 unspecified atom stereocenters. The Bertz CT molecular complexity index is 1100. The van der Waals surface area contributed by atoms with Crippen molar-refractivity contribution >= 4 is 11.6 Å². The summed E-state index contributed by atoms with van der Waals surface area (Å²) in [6, 6.07) is 14.8. The molecule has 0 saturated carbocycles. The van der Waals surface area contributed by atoms with Crippen LogP contribution in [0.1, 0.15) is 29.5 Å². The van der Waals surface area contributed by atoms with Crippen molar-refractivity contribution < 1.29 is 9.53 Å². The molecule has 0 radical (unpaired) electrons. The smallest absolute Gasteiger partial charge is 0.266 e. The fourth-order valence-electron chi connectivity index (χ4n) is 3.51. The molecule has 2 aromatic carbocycles. The van der Waals surface area contributed by atoms with Crippen molar-refractivity contribution in [3.63, 3.8) is 0 Å². The Balaban J connectivity index is 1.65. The van der Waals surface area contributed by atoms with Crippen molar-refractivity contribution in [3.05, 3.63) is 75.6 Å². The van der Waals surface area contributed by atoms with E-state index in [4.69, 9.17) is 4.74 Å². The number of methoxy groups -OCH3 is 1. The van der Waals surface area contributed by atoms with E-state index in [-0.39, 0.29) is 11.5 Å². The van der Waals surface area contributed by atoms with E-state index in [0.717, 1.165) is 28.1 Å². The van der Waals surface area contributed by atoms with Gasteiger partial charge in [0.1, 0.15) is 5.75 Å². The van der Waals surface area contributed by atoms with Crippen molar-refractivity contribution in [1.82, 2.24) is 9.78 Å². The van der Waals surface area contributed by atoms with Gasteiger partial charge in [-0.15, -0.1) is 0 Å². The van der Waals surface area contributed by atoms with Crippen LogP contribution >= 0.6 is 0 Å². The van der Waals surface area contributed by atoms with Crippen LogP contribution in [-0.2, 0) is 11.3 Å². The van der Waals surface area contributed by atoms with E-state index in [1.54, 1.807) is 13.2 Å². The van der Waals surface area contributed by atoms with Gasteiger partial charge in [-0.25, -0.2) is 4.68 Å². The van der Waals surface area contributed by atoms with Gasteiger partial charge in [-0.3, -0.25) is 9.59 Å². The maximum Gasteiger partial charge on any atom is 0.266 e. The van der Waals surface area contributed by atoms with Crippen LogP contribution in [0, 0.1) is 20.8 Å². The SMILES string of the molecule is COc1cccc(-c2ccc(=O)n(CCCC(=O)Nc3c(C)cc(C)cc3C)n2)c1. The van der Waals surface area contributed by atoms with Crippen molar-refractivity contribution in [3.8, 4) is 17.0 Å². The number of rotatable bonds is 7. The molecule has 0 spiro atoms. The minimum atomic E-state index is -0.188. The number of anilines is 1. The average Bonchev–Trinajstić information content (AvgIpc) is 2.72. The van der Waals surface area contributed by atoms with Crippen LogP contribution in [0.5, 0.6) is 5.75 Å². The van der Waals surface area contributed by atoms with Crippen molar-refractivity contribution in [1.29, 1.82) is 0 Å². The summed E-state index contributed by atoms with van der Waals surface area (Å²) in [5.74, 6) is 0.660. The highest BCUT2D eigenvalue weighted by Crippen LogP contribution is 2.23. The van der Waals surface area contributed by atoms with Crippen LogP contribution in [0.2, 0.25) is 0 Å². The Morgan fingerprint density at radius 2 is 1.80 bits per heavy atom. The number of hydrogen-bond donors (Lipinski definition) is 1. The first-order chi connectivity index (χ1) is 14.4. The van der Waals surface area contributed by atoms with E-state index in [0.29, 0.717) is 25.1 Å². The highest BCUT2D eigenvalue weighted by molar-refractivity contribution is 5.92. The summed E-state index contributed by atoms with van der Waals surface area (Å²) in [6.07, 6.45) is 0.828. The lowest BCUT2D eigenvalue weighted by Crippen LogP contribution is -2.23. The molecule has 0 fully saturated rings. The summed E-state index contributed by atoms with van der Waals surface area (Å²) in [5.41, 5.74) is 5.49. The predicted molar refractivity (Wildman–Crippen MR) is 119 cm³/mol. The Labute approximate surface area is 176 Å². The molecule has 0 saturated heterocycles. The Kier molecular flexibility index (Phi) is 6.67. The van der Waals surface area contributed by atoms with Gasteiger partial charge in [-0.2, -0.15) is 5.10 Å². The van der Waals surface area contributed by atoms with E-state index in [9.17, 15) is 9.59 Å². The lowest BCUT2D eigenvalue weighted by molar-refractivity contribution is -0.116. The van der Waals surface area contributed by atoms with E-state index >= 15 is 0 Å². The second kappa shape index (κ2) is 9.39. The number of aryl methyl sites for hydroxylation is 4. The standard InChI is InChI=1S/C24H27N3O3/c1-16-13-17(2)24(18(3)14-16)25-22(28)9-6-12-27-23(29)11-10-21(26-27)19-7-5-8-20(15-19)30-4/h5,7-8,10-11,13-15H,6,9,12H2,1-4H3,(H,25,28). The third-order valence-corrected chi connectivity index (χ3v) is 4.95. The van der Waals surface area contributed by atoms with Crippen LogP contribution < -0.4 is 15.6 Å². The molecule has 0 aliphatic carbocycles. The van der Waals surface area contributed by atoms with Crippen LogP contribution in [-0.4, -0.2) is 22.8 Å². The van der Waals surface area contributed by atoms with Gasteiger partial charge in [0, 0.05) is 30.3 Å². The largest absolute Gasteiger partial charge is 0.497 e. The van der Waals surface area contributed by atoms with E-state index in [1.807, 2.05) is 45.0 Å². The molecule has 1 N–H and O–H groups in total. The molecule has 0 aliphatic heterocycles. The molecular weight excluding hydrogens is 378 g/mol. The van der Waals surface area contributed by atoms with Gasteiger partial charge < -0.3 is 10.1 Å². The molecule has 6 nitrogen and oxygen atoms in total. The van der Waals surface area contributed by atoms with Crippen LogP contribution in [0.15, 0.2) is 53.3 Å². The number of aromatic nitrogens is 2. The first kappa shape index (κ1) is 21.3. The number of nitrogens with one attached hydrogen (secondary N) is 1. The monoisotopic (exact) mass is 405 g/mol. The highest BCUT2D eigenvalue weighted by atomic mass is 16.5. The maximum atomic E-state index is 12.4. The number of hydrogen-bond acceptors (Lipinski definition) is 4. The zero-order valence-corrected chi connectivity index (χ0v) is 17.9. The second-order valence-electron chi connectivity index (χ2n) is 7.44. The summed E-state index contributed by atoms with van der Waals surface area (Å²) in [5, 5.41) is 7.45. The summed E-state index contributed by atoms with van der Waals surface area (Å²) in [7, 11) is 1.61. The molecule has 3 aromatic rings. The first-order valence-electron chi connectivity index (χ1n) is 9.97. The van der Waals surface area contributed by atoms with Crippen molar-refractivity contribution in [2.24, 2.45) is 0 Å². The number of ether oxygens (including phenoxy) is 1. The van der Waals surface area contributed by atoms with Gasteiger partial charge in [0.15, 0.2) is 0 Å². The number of carbonyl (C=O) groups is 1. The average molecular weight is 405 g/mol. The fourth-order valence-corrected chi connectivity index (χ4v) is 3.51. The van der Waals surface area contributed by atoms with Crippen LogP contribution in [0.25, 0.3) is 11.3 Å². The molecule has 0 bridgehead atoms. The number of nitrogens with zero attached hydrogens (tertiary/aromatic N) is 2. The highest BCUT2D eigenvalue weighted by Gasteiger charge is 2.10. The third kappa shape index (κ3) is 5.14. The van der Waals surface area contributed by atoms with Gasteiger partial charge in [0.2, 0.25) is 5.91 Å². The Hall–Kier alpha value is -3.41. The van der Waals surface area contributed by atoms with Gasteiger partial charge >= 0.3 is 0 Å². The van der Waals surface area contributed by atoms with E-state index in [2.05, 4.69) is 22.5 Å². The van der Waals surface area contributed by atoms with Crippen molar-refractivity contribution in [2.75, 3.05) is 12.4 Å². The normalized spacial score (nSPS) is 10.7. The number of amides is 1. The zero-order chi connectivity index (χ0) is 21.7. The quantitative estimate of drug-likeness (QED) is 0.637. The molecule has 0 aliphatic rings. The predicted octanol–water partition coefficient (Wildman–Crippen LogP) is 4.26. The Morgan fingerprint density at radius 3 is 2.50 bits per heavy atom. The minimum absolute atomic E-state index is 0.0675. The third-order valence-electron chi connectivity index (χ3n) is 4.95. The molecular formula is C24H27N3O3. The van der Waals surface area contributed by atoms with E-state index in [1.165, 1.54) is 16.3 Å². The molecule has 1 amide bonds. The van der Waals surface area contributed by atoms with E-state index < -0.39 is 0 Å². The van der Waals surface area contributed by atoms with Gasteiger partial charge in [0.05, 0.1) is 12.8 Å².